The number of hydrogen-bond acceptors (Lipinski definition) is 4. The summed E-state index contributed by atoms with van der Waals surface area (Å²) in [5.41, 5.74) is 0.252. The van der Waals surface area contributed by atoms with Gasteiger partial charge in [-0.05, 0) is 69.4 Å². The van der Waals surface area contributed by atoms with E-state index in [1.807, 2.05) is 0 Å². The van der Waals surface area contributed by atoms with Crippen molar-refractivity contribution in [2.75, 3.05) is 53.0 Å². The Morgan fingerprint density at radius 3 is 2.55 bits per heavy atom. The van der Waals surface area contributed by atoms with Crippen LogP contribution in [-0.2, 0) is 4.74 Å². The monoisotopic (exact) mass is 408 g/mol. The predicted octanol–water partition coefficient (Wildman–Crippen LogP) is 2.05. The third-order valence-corrected chi connectivity index (χ3v) is 7.82. The van der Waals surface area contributed by atoms with Gasteiger partial charge in [0.25, 0.3) is 0 Å². The van der Waals surface area contributed by atoms with E-state index in [-0.39, 0.29) is 11.4 Å². The summed E-state index contributed by atoms with van der Waals surface area (Å²) >= 11 is 0. The minimum atomic E-state index is -0.765. The van der Waals surface area contributed by atoms with Crippen LogP contribution in [0.5, 0.6) is 0 Å². The maximum absolute atomic E-state index is 12.5. The van der Waals surface area contributed by atoms with Crippen LogP contribution >= 0.6 is 0 Å². The van der Waals surface area contributed by atoms with E-state index in [2.05, 4.69) is 15.1 Å². The van der Waals surface area contributed by atoms with Gasteiger partial charge in [-0.3, -0.25) is 0 Å². The lowest BCUT2D eigenvalue weighted by Crippen LogP contribution is -2.55. The van der Waals surface area contributed by atoms with Gasteiger partial charge in [-0.15, -0.1) is 0 Å². The molecule has 3 amide bonds. The van der Waals surface area contributed by atoms with Gasteiger partial charge in [0, 0.05) is 45.4 Å². The van der Waals surface area contributed by atoms with Crippen LogP contribution in [0.2, 0.25) is 0 Å². The predicted molar refractivity (Wildman–Crippen MR) is 109 cm³/mol. The second-order valence-electron chi connectivity index (χ2n) is 9.52. The van der Waals surface area contributed by atoms with Crippen molar-refractivity contribution < 1.29 is 19.4 Å². The number of nitrogens with one attached hydrogen (secondary N) is 1. The van der Waals surface area contributed by atoms with Crippen LogP contribution in [0.3, 0.4) is 0 Å². The summed E-state index contributed by atoms with van der Waals surface area (Å²) in [6.45, 7) is 5.65. The van der Waals surface area contributed by atoms with Gasteiger partial charge in [-0.25, -0.2) is 9.59 Å². The zero-order chi connectivity index (χ0) is 20.4. The molecule has 3 heterocycles. The average molecular weight is 409 g/mol. The molecule has 0 radical (unpaired) electrons. The fourth-order valence-corrected chi connectivity index (χ4v) is 6.20. The van der Waals surface area contributed by atoms with Crippen LogP contribution in [-0.4, -0.2) is 97.0 Å². The Labute approximate surface area is 173 Å². The number of likely N-dealkylation sites (tertiary alicyclic amines) is 3. The van der Waals surface area contributed by atoms with Gasteiger partial charge in [0.05, 0.1) is 6.61 Å². The molecule has 0 bridgehead atoms. The first-order valence-corrected chi connectivity index (χ1v) is 11.3. The SMILES string of the molecule is COCCNC(=O)N1CCC[C@H]1C1CCN(C2CC3(CCN(C(=O)O)C3)C2)CC1. The number of methoxy groups -OCH3 is 1. The van der Waals surface area contributed by atoms with E-state index in [9.17, 15) is 14.7 Å². The highest BCUT2D eigenvalue weighted by Gasteiger charge is 2.51. The van der Waals surface area contributed by atoms with Gasteiger partial charge in [0.2, 0.25) is 0 Å². The quantitative estimate of drug-likeness (QED) is 0.680. The number of carbonyl (C=O) groups excluding carboxylic acids is 1. The molecule has 0 aromatic heterocycles. The Morgan fingerprint density at radius 1 is 1.14 bits per heavy atom. The minimum Gasteiger partial charge on any atom is -0.465 e. The molecule has 2 N–H and O–H groups in total. The summed E-state index contributed by atoms with van der Waals surface area (Å²) in [6, 6.07) is 1.07. The van der Waals surface area contributed by atoms with Crippen molar-refractivity contribution in [3.05, 3.63) is 0 Å². The Hall–Kier alpha value is -1.54. The molecule has 0 unspecified atom stereocenters. The number of urea groups is 1. The standard InChI is InChI=1S/C21H36N4O4/c1-29-12-7-22-19(26)25-8-2-3-18(25)16-4-9-23(10-5-16)17-13-21(14-17)6-11-24(15-21)20(27)28/h16-18H,2-15H2,1H3,(H,22,26)(H,27,28)/t17?,18-,21?/m0/s1. The van der Waals surface area contributed by atoms with Crippen LogP contribution < -0.4 is 5.32 Å². The van der Waals surface area contributed by atoms with Crippen LogP contribution in [0.1, 0.15) is 44.9 Å². The number of nitrogens with zero attached hydrogens (tertiary/aromatic N) is 3. The number of carbonyl (C=O) groups is 2. The molecule has 0 aromatic rings. The van der Waals surface area contributed by atoms with Crippen molar-refractivity contribution in [1.82, 2.24) is 20.0 Å². The van der Waals surface area contributed by atoms with Gasteiger partial charge in [-0.2, -0.15) is 0 Å². The molecule has 4 rings (SSSR count). The normalized spacial score (nSPS) is 33.3. The molecule has 4 fully saturated rings. The average Bonchev–Trinajstić information content (AvgIpc) is 3.35. The molecule has 0 aromatic carbocycles. The van der Waals surface area contributed by atoms with Crippen molar-refractivity contribution in [3.63, 3.8) is 0 Å². The largest absolute Gasteiger partial charge is 0.465 e. The van der Waals surface area contributed by atoms with Crippen LogP contribution in [0.25, 0.3) is 0 Å². The third kappa shape index (κ3) is 4.33. The summed E-state index contributed by atoms with van der Waals surface area (Å²) in [5.74, 6) is 0.602. The lowest BCUT2D eigenvalue weighted by Gasteiger charge is -2.52. The molecule has 1 spiro atoms. The zero-order valence-corrected chi connectivity index (χ0v) is 17.6. The molecule has 8 heteroatoms. The van der Waals surface area contributed by atoms with Crippen LogP contribution in [0.15, 0.2) is 0 Å². The van der Waals surface area contributed by atoms with E-state index in [0.29, 0.717) is 37.7 Å². The lowest BCUT2D eigenvalue weighted by atomic mass is 9.64. The Bertz CT molecular complexity index is 601. The second kappa shape index (κ2) is 8.68. The Morgan fingerprint density at radius 2 is 1.90 bits per heavy atom. The molecule has 3 aliphatic heterocycles. The maximum atomic E-state index is 12.5. The van der Waals surface area contributed by atoms with E-state index < -0.39 is 6.09 Å². The number of rotatable bonds is 5. The molecular formula is C21H36N4O4. The third-order valence-electron chi connectivity index (χ3n) is 7.82. The summed E-state index contributed by atoms with van der Waals surface area (Å²) in [7, 11) is 1.65. The van der Waals surface area contributed by atoms with E-state index in [1.165, 1.54) is 0 Å². The van der Waals surface area contributed by atoms with E-state index in [4.69, 9.17) is 4.74 Å². The first-order valence-electron chi connectivity index (χ1n) is 11.3. The minimum absolute atomic E-state index is 0.0668. The molecule has 1 saturated carbocycles. The van der Waals surface area contributed by atoms with Gasteiger partial charge in [0.1, 0.15) is 0 Å². The highest BCUT2D eigenvalue weighted by Crippen LogP contribution is 2.50. The van der Waals surface area contributed by atoms with E-state index in [0.717, 1.165) is 71.1 Å². The number of piperidine rings is 1. The topological polar surface area (TPSA) is 85.4 Å². The smallest absolute Gasteiger partial charge is 0.407 e. The summed E-state index contributed by atoms with van der Waals surface area (Å²) in [5, 5.41) is 12.2. The van der Waals surface area contributed by atoms with E-state index in [1.54, 1.807) is 12.0 Å². The van der Waals surface area contributed by atoms with Crippen molar-refractivity contribution in [2.24, 2.45) is 11.3 Å². The Kier molecular flexibility index (Phi) is 6.20. The lowest BCUT2D eigenvalue weighted by molar-refractivity contribution is -0.0138. The maximum Gasteiger partial charge on any atom is 0.407 e. The fraction of sp³-hybridized carbons (Fsp3) is 0.905. The van der Waals surface area contributed by atoms with Crippen LogP contribution in [0, 0.1) is 11.3 Å². The molecule has 164 valence electrons. The number of carboxylic acid groups (broad SMARTS) is 1. The molecule has 1 atom stereocenters. The van der Waals surface area contributed by atoms with Gasteiger partial charge >= 0.3 is 12.1 Å². The van der Waals surface area contributed by atoms with Gasteiger partial charge in [0.15, 0.2) is 0 Å². The van der Waals surface area contributed by atoms with Gasteiger partial charge < -0.3 is 29.9 Å². The van der Waals surface area contributed by atoms with Crippen LogP contribution in [0.4, 0.5) is 9.59 Å². The van der Waals surface area contributed by atoms with Crippen molar-refractivity contribution in [1.29, 1.82) is 0 Å². The highest BCUT2D eigenvalue weighted by molar-refractivity contribution is 5.74. The summed E-state index contributed by atoms with van der Waals surface area (Å²) in [4.78, 5) is 30.0. The summed E-state index contributed by atoms with van der Waals surface area (Å²) < 4.78 is 5.03. The van der Waals surface area contributed by atoms with Crippen molar-refractivity contribution in [2.45, 2.75) is 57.0 Å². The molecule has 8 nitrogen and oxygen atoms in total. The molecular weight excluding hydrogens is 372 g/mol. The molecule has 4 aliphatic rings. The van der Waals surface area contributed by atoms with Gasteiger partial charge in [-0.1, -0.05) is 0 Å². The van der Waals surface area contributed by atoms with Crippen molar-refractivity contribution >= 4 is 12.1 Å². The molecule has 1 aliphatic carbocycles. The number of amides is 3. The second-order valence-corrected chi connectivity index (χ2v) is 9.52. The molecule has 3 saturated heterocycles. The zero-order valence-electron chi connectivity index (χ0n) is 17.6. The van der Waals surface area contributed by atoms with E-state index >= 15 is 0 Å². The molecule has 29 heavy (non-hydrogen) atoms. The fourth-order valence-electron chi connectivity index (χ4n) is 6.20. The number of ether oxygens (including phenoxy) is 1. The Balaban J connectivity index is 1.22. The number of hydrogen-bond donors (Lipinski definition) is 2. The highest BCUT2D eigenvalue weighted by atomic mass is 16.5. The first-order chi connectivity index (χ1) is 14.0. The summed E-state index contributed by atoms with van der Waals surface area (Å²) in [6.07, 6.45) is 7.13. The first kappa shape index (κ1) is 20.7. The van der Waals surface area contributed by atoms with Crippen molar-refractivity contribution in [3.8, 4) is 0 Å².